The minimum Gasteiger partial charge on any atom is -0.335 e. The lowest BCUT2D eigenvalue weighted by Crippen LogP contribution is -2.29. The van der Waals surface area contributed by atoms with Gasteiger partial charge in [0.15, 0.2) is 16.6 Å². The van der Waals surface area contributed by atoms with Crippen LogP contribution in [-0.2, 0) is 6.54 Å². The molecule has 0 saturated carbocycles. The lowest BCUT2D eigenvalue weighted by molar-refractivity contribution is 0.220. The Labute approximate surface area is 215 Å². The third-order valence-electron chi connectivity index (χ3n) is 6.86. The fraction of sp³-hybridized carbons (Fsp3) is 0.222. The van der Waals surface area contributed by atoms with Gasteiger partial charge in [0.2, 0.25) is 0 Å². The summed E-state index contributed by atoms with van der Waals surface area (Å²) in [5, 5.41) is 8.11. The molecule has 0 aliphatic carbocycles. The molecule has 184 valence electrons. The zero-order valence-electron chi connectivity index (χ0n) is 19.9. The van der Waals surface area contributed by atoms with Crippen LogP contribution in [0.25, 0.3) is 55.2 Å². The Balaban J connectivity index is 1.26. The van der Waals surface area contributed by atoms with E-state index in [1.807, 2.05) is 18.6 Å². The minimum atomic E-state index is -0.240. The molecule has 10 heteroatoms. The van der Waals surface area contributed by atoms with Gasteiger partial charge in [0, 0.05) is 52.9 Å². The van der Waals surface area contributed by atoms with Crippen molar-refractivity contribution in [1.29, 1.82) is 0 Å². The lowest BCUT2D eigenvalue weighted by atomic mass is 10.1. The van der Waals surface area contributed by atoms with Crippen molar-refractivity contribution in [1.82, 2.24) is 40.0 Å². The Kier molecular flexibility index (Phi) is 5.48. The summed E-state index contributed by atoms with van der Waals surface area (Å²) in [6, 6.07) is 7.48. The van der Waals surface area contributed by atoms with Gasteiger partial charge in [-0.1, -0.05) is 6.42 Å². The standard InChI is InChI=1S/C27H23FN8S/c28-23-5-4-22(37-23)20-13-30-14-21-24(20)33-27(32-21)25-19-9-18(12-31-26(19)35-34-25)17-8-16(10-29-11-17)15-36-6-2-1-3-7-36/h4-5,8-14H,1-3,6-7,15H2,(H,32,33)(H,31,34,35). The summed E-state index contributed by atoms with van der Waals surface area (Å²) in [6.07, 6.45) is 13.0. The molecule has 1 aliphatic rings. The molecular weight excluding hydrogens is 487 g/mol. The van der Waals surface area contributed by atoms with E-state index in [2.05, 4.69) is 47.2 Å². The van der Waals surface area contributed by atoms with Gasteiger partial charge in [-0.2, -0.15) is 9.49 Å². The smallest absolute Gasteiger partial charge is 0.181 e. The average molecular weight is 511 g/mol. The van der Waals surface area contributed by atoms with Crippen molar-refractivity contribution in [2.24, 2.45) is 0 Å². The molecule has 1 saturated heterocycles. The molecule has 0 unspecified atom stereocenters. The van der Waals surface area contributed by atoms with Gasteiger partial charge in [0.05, 0.1) is 17.1 Å². The summed E-state index contributed by atoms with van der Waals surface area (Å²) < 4.78 is 13.7. The number of pyridine rings is 3. The first-order chi connectivity index (χ1) is 18.2. The topological polar surface area (TPSA) is 99.3 Å². The van der Waals surface area contributed by atoms with Gasteiger partial charge in [-0.15, -0.1) is 11.3 Å². The largest absolute Gasteiger partial charge is 0.335 e. The van der Waals surface area contributed by atoms with Gasteiger partial charge >= 0.3 is 0 Å². The van der Waals surface area contributed by atoms with Gasteiger partial charge in [-0.25, -0.2) is 9.97 Å². The molecule has 0 radical (unpaired) electrons. The molecule has 6 aromatic rings. The normalized spacial score (nSPS) is 14.6. The van der Waals surface area contributed by atoms with Crippen LogP contribution in [0.3, 0.4) is 0 Å². The molecule has 0 amide bonds. The van der Waals surface area contributed by atoms with E-state index in [4.69, 9.17) is 4.98 Å². The fourth-order valence-corrected chi connectivity index (χ4v) is 5.78. The van der Waals surface area contributed by atoms with Crippen molar-refractivity contribution in [2.45, 2.75) is 25.8 Å². The highest BCUT2D eigenvalue weighted by molar-refractivity contribution is 7.14. The van der Waals surface area contributed by atoms with Gasteiger partial charge in [0.25, 0.3) is 0 Å². The second-order valence-corrected chi connectivity index (χ2v) is 10.4. The van der Waals surface area contributed by atoms with Crippen molar-refractivity contribution >= 4 is 33.4 Å². The molecule has 2 N–H and O–H groups in total. The predicted molar refractivity (Wildman–Crippen MR) is 142 cm³/mol. The Morgan fingerprint density at radius 1 is 0.946 bits per heavy atom. The first kappa shape index (κ1) is 22.2. The zero-order chi connectivity index (χ0) is 24.8. The second kappa shape index (κ2) is 9.13. The van der Waals surface area contributed by atoms with E-state index < -0.39 is 0 Å². The van der Waals surface area contributed by atoms with Gasteiger partial charge in [0.1, 0.15) is 11.2 Å². The highest BCUT2D eigenvalue weighted by Crippen LogP contribution is 2.34. The number of nitrogens with one attached hydrogen (secondary N) is 2. The molecular formula is C27H23FN8S. The van der Waals surface area contributed by atoms with Crippen LogP contribution in [0.4, 0.5) is 4.39 Å². The lowest BCUT2D eigenvalue weighted by Gasteiger charge is -2.26. The van der Waals surface area contributed by atoms with Crippen molar-refractivity contribution in [2.75, 3.05) is 13.1 Å². The van der Waals surface area contributed by atoms with Crippen LogP contribution in [0.1, 0.15) is 24.8 Å². The van der Waals surface area contributed by atoms with E-state index in [0.717, 1.165) is 74.7 Å². The first-order valence-corrected chi connectivity index (χ1v) is 13.1. The number of rotatable bonds is 5. The van der Waals surface area contributed by atoms with Crippen molar-refractivity contribution in [3.8, 4) is 33.1 Å². The summed E-state index contributed by atoms with van der Waals surface area (Å²) in [6.45, 7) is 3.20. The summed E-state index contributed by atoms with van der Waals surface area (Å²) >= 11 is 1.08. The van der Waals surface area contributed by atoms with Crippen molar-refractivity contribution < 1.29 is 4.39 Å². The summed E-state index contributed by atoms with van der Waals surface area (Å²) in [5.41, 5.74) is 6.82. The summed E-state index contributed by atoms with van der Waals surface area (Å²) in [4.78, 5) is 24.9. The number of likely N-dealkylation sites (tertiary alicyclic amines) is 1. The quantitative estimate of drug-likeness (QED) is 0.304. The van der Waals surface area contributed by atoms with Crippen molar-refractivity contribution in [3.05, 3.63) is 65.9 Å². The van der Waals surface area contributed by atoms with Crippen LogP contribution in [0.15, 0.2) is 55.2 Å². The van der Waals surface area contributed by atoms with E-state index >= 15 is 0 Å². The zero-order valence-corrected chi connectivity index (χ0v) is 20.7. The Morgan fingerprint density at radius 3 is 2.68 bits per heavy atom. The second-order valence-electron chi connectivity index (χ2n) is 9.38. The molecule has 6 aromatic heterocycles. The molecule has 0 spiro atoms. The van der Waals surface area contributed by atoms with Crippen LogP contribution in [0.2, 0.25) is 0 Å². The summed E-state index contributed by atoms with van der Waals surface area (Å²) in [7, 11) is 0. The Morgan fingerprint density at radius 2 is 1.81 bits per heavy atom. The van der Waals surface area contributed by atoms with E-state index in [0.29, 0.717) is 11.5 Å². The number of fused-ring (bicyclic) bond motifs is 2. The van der Waals surface area contributed by atoms with E-state index in [1.54, 1.807) is 18.5 Å². The monoisotopic (exact) mass is 510 g/mol. The van der Waals surface area contributed by atoms with E-state index in [9.17, 15) is 4.39 Å². The number of piperidine rings is 1. The molecule has 1 aliphatic heterocycles. The Hall–Kier alpha value is -4.02. The van der Waals surface area contributed by atoms with Crippen LogP contribution in [0, 0.1) is 5.13 Å². The maximum absolute atomic E-state index is 13.7. The predicted octanol–water partition coefficient (Wildman–Crippen LogP) is 5.81. The fourth-order valence-electron chi connectivity index (χ4n) is 5.04. The third-order valence-corrected chi connectivity index (χ3v) is 7.77. The van der Waals surface area contributed by atoms with Gasteiger partial charge in [-0.3, -0.25) is 20.0 Å². The number of hydrogen-bond donors (Lipinski definition) is 2. The van der Waals surface area contributed by atoms with Gasteiger partial charge in [-0.05, 0) is 55.8 Å². The molecule has 0 bridgehead atoms. The first-order valence-electron chi connectivity index (χ1n) is 12.3. The molecule has 7 heterocycles. The number of hydrogen-bond acceptors (Lipinski definition) is 7. The number of aromatic nitrogens is 7. The highest BCUT2D eigenvalue weighted by atomic mass is 32.1. The molecule has 0 atom stereocenters. The Bertz CT molecular complexity index is 1730. The maximum Gasteiger partial charge on any atom is 0.181 e. The van der Waals surface area contributed by atoms with Crippen molar-refractivity contribution in [3.63, 3.8) is 0 Å². The third kappa shape index (κ3) is 4.17. The molecule has 0 aromatic carbocycles. The molecule has 37 heavy (non-hydrogen) atoms. The minimum absolute atomic E-state index is 0.240. The van der Waals surface area contributed by atoms with E-state index in [1.165, 1.54) is 30.9 Å². The maximum atomic E-state index is 13.7. The SMILES string of the molecule is Fc1ccc(-c2cncc3[nH]c(-c4[nH]nc5ncc(-c6cncc(CN7CCCCC7)c6)cc45)nc23)s1. The van der Waals surface area contributed by atoms with Crippen LogP contribution in [0.5, 0.6) is 0 Å². The number of H-pyrrole nitrogens is 2. The van der Waals surface area contributed by atoms with E-state index in [-0.39, 0.29) is 5.13 Å². The number of thiophene rings is 1. The summed E-state index contributed by atoms with van der Waals surface area (Å²) in [5.74, 6) is 0.625. The number of halogens is 1. The average Bonchev–Trinajstić information content (AvgIpc) is 3.66. The molecule has 8 nitrogen and oxygen atoms in total. The number of nitrogens with zero attached hydrogens (tertiary/aromatic N) is 6. The van der Waals surface area contributed by atoms with Gasteiger partial charge < -0.3 is 4.98 Å². The molecule has 1 fully saturated rings. The van der Waals surface area contributed by atoms with Crippen LogP contribution in [-0.4, -0.2) is 53.1 Å². The van der Waals surface area contributed by atoms with Crippen LogP contribution >= 0.6 is 11.3 Å². The number of imidazole rings is 1. The molecule has 7 rings (SSSR count). The number of aromatic amines is 2. The highest BCUT2D eigenvalue weighted by Gasteiger charge is 2.17. The van der Waals surface area contributed by atoms with Crippen LogP contribution < -0.4 is 0 Å².